The molecule has 0 spiro atoms. The highest BCUT2D eigenvalue weighted by molar-refractivity contribution is 5.94. The minimum absolute atomic E-state index is 0.0181. The summed E-state index contributed by atoms with van der Waals surface area (Å²) >= 11 is 0. The molecule has 5 heteroatoms. The zero-order chi connectivity index (χ0) is 13.1. The van der Waals surface area contributed by atoms with Crippen LogP contribution < -0.4 is 10.6 Å². The first kappa shape index (κ1) is 13.0. The third kappa shape index (κ3) is 2.68. The number of methoxy groups -OCH3 is 1. The molecule has 2 N–H and O–H groups in total. The maximum atomic E-state index is 13.1. The van der Waals surface area contributed by atoms with Crippen molar-refractivity contribution < 1.29 is 13.9 Å². The van der Waals surface area contributed by atoms with Crippen LogP contribution in [0.5, 0.6) is 0 Å². The number of rotatable bonds is 3. The van der Waals surface area contributed by atoms with Gasteiger partial charge in [-0.1, -0.05) is 0 Å². The number of amides is 1. The SMILES string of the molecule is CO[C@H]1CNCC1NC(=O)c1ccc(F)c(C)c1. The van der Waals surface area contributed by atoms with Gasteiger partial charge in [0.05, 0.1) is 12.1 Å². The minimum atomic E-state index is -0.302. The number of carbonyl (C=O) groups excluding carboxylic acids is 1. The van der Waals surface area contributed by atoms with Crippen molar-refractivity contribution in [2.45, 2.75) is 19.1 Å². The number of carbonyl (C=O) groups is 1. The lowest BCUT2D eigenvalue weighted by Gasteiger charge is -2.18. The Hall–Kier alpha value is -1.46. The van der Waals surface area contributed by atoms with Gasteiger partial charge in [-0.15, -0.1) is 0 Å². The van der Waals surface area contributed by atoms with Crippen molar-refractivity contribution in [3.05, 3.63) is 35.1 Å². The number of nitrogens with one attached hydrogen (secondary N) is 2. The molecule has 0 radical (unpaired) electrons. The van der Waals surface area contributed by atoms with Crippen molar-refractivity contribution in [2.75, 3.05) is 20.2 Å². The van der Waals surface area contributed by atoms with Crippen molar-refractivity contribution in [1.82, 2.24) is 10.6 Å². The Kier molecular flexibility index (Phi) is 3.93. The van der Waals surface area contributed by atoms with Crippen LogP contribution in [0.2, 0.25) is 0 Å². The zero-order valence-corrected chi connectivity index (χ0v) is 10.5. The maximum absolute atomic E-state index is 13.1. The molecule has 98 valence electrons. The quantitative estimate of drug-likeness (QED) is 0.838. The highest BCUT2D eigenvalue weighted by atomic mass is 19.1. The first-order valence-corrected chi connectivity index (χ1v) is 5.92. The van der Waals surface area contributed by atoms with Gasteiger partial charge in [0.15, 0.2) is 0 Å². The molecular weight excluding hydrogens is 235 g/mol. The first-order valence-electron chi connectivity index (χ1n) is 5.92. The van der Waals surface area contributed by atoms with E-state index in [-0.39, 0.29) is 23.9 Å². The molecule has 0 aromatic heterocycles. The van der Waals surface area contributed by atoms with Crippen molar-refractivity contribution in [3.8, 4) is 0 Å². The molecule has 1 saturated heterocycles. The van der Waals surface area contributed by atoms with Gasteiger partial charge in [0.25, 0.3) is 5.91 Å². The number of ether oxygens (including phenoxy) is 1. The summed E-state index contributed by atoms with van der Waals surface area (Å²) in [5.74, 6) is -0.502. The molecule has 1 unspecified atom stereocenters. The van der Waals surface area contributed by atoms with E-state index in [0.717, 1.165) is 6.54 Å². The third-order valence-electron chi connectivity index (χ3n) is 3.20. The minimum Gasteiger partial charge on any atom is -0.378 e. The van der Waals surface area contributed by atoms with Gasteiger partial charge in [0, 0.05) is 25.8 Å². The lowest BCUT2D eigenvalue weighted by atomic mass is 10.1. The summed E-state index contributed by atoms with van der Waals surface area (Å²) in [6, 6.07) is 4.30. The Morgan fingerprint density at radius 1 is 1.50 bits per heavy atom. The Labute approximate surface area is 106 Å². The number of benzene rings is 1. The highest BCUT2D eigenvalue weighted by Crippen LogP contribution is 2.10. The molecule has 0 saturated carbocycles. The fraction of sp³-hybridized carbons (Fsp3) is 0.462. The molecule has 1 amide bonds. The number of hydrogen-bond acceptors (Lipinski definition) is 3. The summed E-state index contributed by atoms with van der Waals surface area (Å²) in [5, 5.41) is 6.04. The van der Waals surface area contributed by atoms with Crippen LogP contribution >= 0.6 is 0 Å². The average molecular weight is 252 g/mol. The van der Waals surface area contributed by atoms with Crippen LogP contribution in [0, 0.1) is 12.7 Å². The fourth-order valence-electron chi connectivity index (χ4n) is 2.08. The molecule has 1 aliphatic rings. The van der Waals surface area contributed by atoms with Crippen molar-refractivity contribution >= 4 is 5.91 Å². The van der Waals surface area contributed by atoms with E-state index >= 15 is 0 Å². The standard InChI is InChI=1S/C13H17FN2O2/c1-8-5-9(3-4-10(8)14)13(17)16-11-6-15-7-12(11)18-2/h3-5,11-12,15H,6-7H2,1-2H3,(H,16,17)/t11?,12-/m0/s1. The lowest BCUT2D eigenvalue weighted by Crippen LogP contribution is -2.43. The van der Waals surface area contributed by atoms with E-state index in [1.54, 1.807) is 20.1 Å². The van der Waals surface area contributed by atoms with Gasteiger partial charge in [-0.2, -0.15) is 0 Å². The van der Waals surface area contributed by atoms with Crippen molar-refractivity contribution in [2.24, 2.45) is 0 Å². The van der Waals surface area contributed by atoms with Gasteiger partial charge in [0.1, 0.15) is 5.82 Å². The van der Waals surface area contributed by atoms with E-state index in [4.69, 9.17) is 4.74 Å². The van der Waals surface area contributed by atoms with Crippen LogP contribution in [0.1, 0.15) is 15.9 Å². The molecule has 2 atom stereocenters. The van der Waals surface area contributed by atoms with Gasteiger partial charge < -0.3 is 15.4 Å². The van der Waals surface area contributed by atoms with Gasteiger partial charge in [-0.3, -0.25) is 4.79 Å². The monoisotopic (exact) mass is 252 g/mol. The predicted molar refractivity (Wildman–Crippen MR) is 66.1 cm³/mol. The molecule has 1 aliphatic heterocycles. The Bertz CT molecular complexity index is 451. The van der Waals surface area contributed by atoms with Crippen LogP contribution in [-0.2, 0) is 4.74 Å². The van der Waals surface area contributed by atoms with E-state index in [1.807, 2.05) is 0 Å². The normalized spacial score (nSPS) is 23.1. The number of aryl methyl sites for hydroxylation is 1. The van der Waals surface area contributed by atoms with Gasteiger partial charge in [0.2, 0.25) is 0 Å². The molecule has 4 nitrogen and oxygen atoms in total. The topological polar surface area (TPSA) is 50.4 Å². The van der Waals surface area contributed by atoms with Crippen LogP contribution in [-0.4, -0.2) is 38.3 Å². The summed E-state index contributed by atoms with van der Waals surface area (Å²) in [7, 11) is 1.62. The number of halogens is 1. The van der Waals surface area contributed by atoms with Crippen molar-refractivity contribution in [1.29, 1.82) is 0 Å². The van der Waals surface area contributed by atoms with Crippen LogP contribution in [0.3, 0.4) is 0 Å². The number of hydrogen-bond donors (Lipinski definition) is 2. The van der Waals surface area contributed by atoms with Crippen LogP contribution in [0.4, 0.5) is 4.39 Å². The fourth-order valence-corrected chi connectivity index (χ4v) is 2.08. The molecule has 0 bridgehead atoms. The van der Waals surface area contributed by atoms with E-state index in [1.165, 1.54) is 12.1 Å². The summed E-state index contributed by atoms with van der Waals surface area (Å²) in [4.78, 5) is 12.0. The van der Waals surface area contributed by atoms with Crippen molar-refractivity contribution in [3.63, 3.8) is 0 Å². The highest BCUT2D eigenvalue weighted by Gasteiger charge is 2.28. The van der Waals surface area contributed by atoms with Gasteiger partial charge in [-0.05, 0) is 30.7 Å². The average Bonchev–Trinajstić information content (AvgIpc) is 2.79. The second-order valence-electron chi connectivity index (χ2n) is 4.48. The zero-order valence-electron chi connectivity index (χ0n) is 10.5. The summed E-state index contributed by atoms with van der Waals surface area (Å²) in [6.45, 7) is 3.05. The van der Waals surface area contributed by atoms with Crippen LogP contribution in [0.15, 0.2) is 18.2 Å². The van der Waals surface area contributed by atoms with E-state index < -0.39 is 0 Å². The van der Waals surface area contributed by atoms with Gasteiger partial charge >= 0.3 is 0 Å². The Morgan fingerprint density at radius 2 is 2.28 bits per heavy atom. The molecule has 1 aromatic rings. The smallest absolute Gasteiger partial charge is 0.251 e. The molecule has 1 fully saturated rings. The Morgan fingerprint density at radius 3 is 2.94 bits per heavy atom. The van der Waals surface area contributed by atoms with Crippen LogP contribution in [0.25, 0.3) is 0 Å². The molecule has 0 aliphatic carbocycles. The predicted octanol–water partition coefficient (Wildman–Crippen LogP) is 0.851. The second kappa shape index (κ2) is 5.46. The molecule has 1 heterocycles. The maximum Gasteiger partial charge on any atom is 0.251 e. The molecule has 18 heavy (non-hydrogen) atoms. The summed E-state index contributed by atoms with van der Waals surface area (Å²) in [5.41, 5.74) is 0.936. The molecular formula is C13H17FN2O2. The van der Waals surface area contributed by atoms with E-state index in [0.29, 0.717) is 17.7 Å². The third-order valence-corrected chi connectivity index (χ3v) is 3.20. The van der Waals surface area contributed by atoms with Gasteiger partial charge in [-0.25, -0.2) is 4.39 Å². The molecule has 2 rings (SSSR count). The molecule has 1 aromatic carbocycles. The Balaban J connectivity index is 2.05. The summed E-state index contributed by atoms with van der Waals surface area (Å²) in [6.07, 6.45) is -0.0181. The lowest BCUT2D eigenvalue weighted by molar-refractivity contribution is 0.0780. The first-order chi connectivity index (χ1) is 8.61. The van der Waals surface area contributed by atoms with E-state index in [2.05, 4.69) is 10.6 Å². The summed E-state index contributed by atoms with van der Waals surface area (Å²) < 4.78 is 18.4. The largest absolute Gasteiger partial charge is 0.378 e. The van der Waals surface area contributed by atoms with E-state index in [9.17, 15) is 9.18 Å². The second-order valence-corrected chi connectivity index (χ2v) is 4.48.